The molecule has 34 heavy (non-hydrogen) atoms. The Kier molecular flexibility index (Phi) is 5.13. The fraction of sp³-hybridized carbons (Fsp3) is 0.400. The molecular formula is C25H26ClN5O3. The fourth-order valence-electron chi connectivity index (χ4n) is 5.86. The van der Waals surface area contributed by atoms with Crippen molar-refractivity contribution in [2.24, 2.45) is 5.92 Å². The number of carbonyl (C=O) groups is 2. The molecule has 2 bridgehead atoms. The number of aromatic amines is 1. The number of aromatic nitrogens is 2. The van der Waals surface area contributed by atoms with Gasteiger partial charge in [-0.2, -0.15) is 0 Å². The first-order valence-electron chi connectivity index (χ1n) is 11.8. The number of hydrogen-bond donors (Lipinski definition) is 2. The van der Waals surface area contributed by atoms with E-state index in [9.17, 15) is 14.4 Å². The summed E-state index contributed by atoms with van der Waals surface area (Å²) in [5.74, 6) is 0.354. The maximum Gasteiger partial charge on any atom is 0.318 e. The molecule has 8 nitrogen and oxygen atoms in total. The van der Waals surface area contributed by atoms with Crippen LogP contribution in [0, 0.1) is 5.92 Å². The average molecular weight is 480 g/mol. The number of benzene rings is 1. The molecule has 2 unspecified atom stereocenters. The van der Waals surface area contributed by atoms with Crippen LogP contribution in [-0.4, -0.2) is 57.5 Å². The topological polar surface area (TPSA) is 90.4 Å². The van der Waals surface area contributed by atoms with Gasteiger partial charge in [0.1, 0.15) is 0 Å². The van der Waals surface area contributed by atoms with E-state index in [0.29, 0.717) is 37.7 Å². The maximum atomic E-state index is 12.9. The van der Waals surface area contributed by atoms with Gasteiger partial charge in [0.25, 0.3) is 5.56 Å². The van der Waals surface area contributed by atoms with Crippen LogP contribution in [0.15, 0.2) is 41.2 Å². The second kappa shape index (κ2) is 8.20. The van der Waals surface area contributed by atoms with Crippen LogP contribution >= 0.6 is 11.6 Å². The normalized spacial score (nSPS) is 21.2. The summed E-state index contributed by atoms with van der Waals surface area (Å²) in [5.41, 5.74) is 4.28. The van der Waals surface area contributed by atoms with E-state index in [0.717, 1.165) is 35.1 Å². The number of nitrogens with zero attached hydrogens (tertiary/aromatic N) is 3. The zero-order valence-electron chi connectivity index (χ0n) is 18.7. The van der Waals surface area contributed by atoms with E-state index in [1.807, 2.05) is 33.7 Å². The minimum atomic E-state index is -0.232. The lowest BCUT2D eigenvalue weighted by Gasteiger charge is -2.42. The highest BCUT2D eigenvalue weighted by atomic mass is 35.5. The van der Waals surface area contributed by atoms with Crippen LogP contribution in [0.25, 0.3) is 10.9 Å². The number of piperidine rings is 1. The van der Waals surface area contributed by atoms with E-state index in [4.69, 9.17) is 11.6 Å². The van der Waals surface area contributed by atoms with Gasteiger partial charge in [0.05, 0.1) is 13.1 Å². The summed E-state index contributed by atoms with van der Waals surface area (Å²) in [5, 5.41) is 4.63. The SMILES string of the molecule is O=C(CNC(=O)N1CCc2c([nH]c3ccc(Cl)cc23)C1)N1CC2CC(C1)c1cccc(=O)n1C2. The van der Waals surface area contributed by atoms with Crippen LogP contribution in [0.3, 0.4) is 0 Å². The Bertz CT molecular complexity index is 1360. The standard InChI is InChI=1S/C25H26ClN5O3/c26-17-4-5-20-19(9-17)18-6-7-29(14-21(18)28-20)25(34)27-10-24(33)30-11-15-8-16(13-30)22-2-1-3-23(32)31(22)12-15/h1-5,9,15-16,28H,6-8,10-14H2,(H,27,34). The molecule has 2 aromatic heterocycles. The quantitative estimate of drug-likeness (QED) is 0.592. The van der Waals surface area contributed by atoms with Crippen molar-refractivity contribution in [3.63, 3.8) is 0 Å². The summed E-state index contributed by atoms with van der Waals surface area (Å²) in [6, 6.07) is 10.9. The van der Waals surface area contributed by atoms with Crippen molar-refractivity contribution in [1.29, 1.82) is 0 Å². The lowest BCUT2D eigenvalue weighted by Crippen LogP contribution is -2.52. The molecule has 3 amide bonds. The van der Waals surface area contributed by atoms with Gasteiger partial charge in [0.15, 0.2) is 0 Å². The summed E-state index contributed by atoms with van der Waals surface area (Å²) >= 11 is 6.16. The molecular weight excluding hydrogens is 454 g/mol. The van der Waals surface area contributed by atoms with Gasteiger partial charge in [0, 0.05) is 65.5 Å². The summed E-state index contributed by atoms with van der Waals surface area (Å²) in [4.78, 5) is 45.0. The van der Waals surface area contributed by atoms with Crippen LogP contribution < -0.4 is 10.9 Å². The molecule has 9 heteroatoms. The van der Waals surface area contributed by atoms with Gasteiger partial charge in [-0.15, -0.1) is 0 Å². The van der Waals surface area contributed by atoms with E-state index in [-0.39, 0.29) is 35.9 Å². The zero-order chi connectivity index (χ0) is 23.4. The maximum absolute atomic E-state index is 12.9. The highest BCUT2D eigenvalue weighted by Gasteiger charge is 2.36. The summed E-state index contributed by atoms with van der Waals surface area (Å²) < 4.78 is 1.85. The van der Waals surface area contributed by atoms with E-state index in [1.54, 1.807) is 17.0 Å². The number of halogens is 1. The Morgan fingerprint density at radius 1 is 1.12 bits per heavy atom. The second-order valence-electron chi connectivity index (χ2n) is 9.60. The van der Waals surface area contributed by atoms with E-state index in [1.165, 1.54) is 5.56 Å². The molecule has 6 rings (SSSR count). The molecule has 3 aliphatic rings. The van der Waals surface area contributed by atoms with Crippen LogP contribution in [-0.2, 0) is 24.3 Å². The molecule has 2 atom stereocenters. The van der Waals surface area contributed by atoms with Crippen LogP contribution in [0.4, 0.5) is 4.79 Å². The molecule has 0 spiro atoms. The van der Waals surface area contributed by atoms with Gasteiger partial charge >= 0.3 is 6.03 Å². The number of H-pyrrole nitrogens is 1. The first-order chi connectivity index (χ1) is 16.5. The molecule has 3 aliphatic heterocycles. The van der Waals surface area contributed by atoms with Crippen molar-refractivity contribution in [2.45, 2.75) is 31.8 Å². The minimum Gasteiger partial charge on any atom is -0.357 e. The third-order valence-corrected chi connectivity index (χ3v) is 7.68. The van der Waals surface area contributed by atoms with Crippen molar-refractivity contribution in [1.82, 2.24) is 24.7 Å². The van der Waals surface area contributed by atoms with Gasteiger partial charge in [-0.3, -0.25) is 9.59 Å². The average Bonchev–Trinajstić information content (AvgIpc) is 3.20. The number of likely N-dealkylation sites (tertiary alicyclic amines) is 1. The van der Waals surface area contributed by atoms with Crippen molar-refractivity contribution >= 4 is 34.4 Å². The van der Waals surface area contributed by atoms with Gasteiger partial charge in [0.2, 0.25) is 5.91 Å². The number of urea groups is 1. The number of rotatable bonds is 2. The molecule has 0 saturated carbocycles. The smallest absolute Gasteiger partial charge is 0.318 e. The van der Waals surface area contributed by atoms with E-state index in [2.05, 4.69) is 10.3 Å². The van der Waals surface area contributed by atoms with Crippen LogP contribution in [0.5, 0.6) is 0 Å². The van der Waals surface area contributed by atoms with Gasteiger partial charge < -0.3 is 24.7 Å². The number of carbonyl (C=O) groups excluding carboxylic acids is 2. The van der Waals surface area contributed by atoms with E-state index >= 15 is 0 Å². The number of nitrogens with one attached hydrogen (secondary N) is 2. The Balaban J connectivity index is 1.08. The molecule has 2 N–H and O–H groups in total. The third kappa shape index (κ3) is 3.66. The Hall–Kier alpha value is -3.26. The van der Waals surface area contributed by atoms with Crippen molar-refractivity contribution in [2.75, 3.05) is 26.2 Å². The highest BCUT2D eigenvalue weighted by molar-refractivity contribution is 6.31. The molecule has 0 radical (unpaired) electrons. The lowest BCUT2D eigenvalue weighted by atomic mass is 9.83. The third-order valence-electron chi connectivity index (χ3n) is 7.45. The number of hydrogen-bond acceptors (Lipinski definition) is 3. The van der Waals surface area contributed by atoms with Crippen molar-refractivity contribution < 1.29 is 9.59 Å². The molecule has 1 fully saturated rings. The molecule has 0 aliphatic carbocycles. The Morgan fingerprint density at radius 3 is 2.88 bits per heavy atom. The minimum absolute atomic E-state index is 0.0223. The van der Waals surface area contributed by atoms with E-state index < -0.39 is 0 Å². The lowest BCUT2D eigenvalue weighted by molar-refractivity contribution is -0.132. The van der Waals surface area contributed by atoms with Gasteiger partial charge in [-0.05, 0) is 48.6 Å². The van der Waals surface area contributed by atoms with Crippen molar-refractivity contribution in [3.05, 3.63) is 68.7 Å². The Labute approximate surface area is 201 Å². The Morgan fingerprint density at radius 2 is 2.00 bits per heavy atom. The molecule has 5 heterocycles. The first kappa shape index (κ1) is 21.3. The first-order valence-corrected chi connectivity index (χ1v) is 12.1. The van der Waals surface area contributed by atoms with Gasteiger partial charge in [-0.1, -0.05) is 17.7 Å². The monoisotopic (exact) mass is 479 g/mol. The second-order valence-corrected chi connectivity index (χ2v) is 10.0. The molecule has 176 valence electrons. The highest BCUT2D eigenvalue weighted by Crippen LogP contribution is 2.35. The number of amides is 3. The molecule has 1 aromatic carbocycles. The zero-order valence-corrected chi connectivity index (χ0v) is 19.5. The summed E-state index contributed by atoms with van der Waals surface area (Å²) in [6.07, 6.45) is 1.73. The summed E-state index contributed by atoms with van der Waals surface area (Å²) in [6.45, 7) is 2.89. The predicted molar refractivity (Wildman–Crippen MR) is 129 cm³/mol. The number of fused-ring (bicyclic) bond motifs is 7. The predicted octanol–water partition coefficient (Wildman–Crippen LogP) is 2.70. The van der Waals surface area contributed by atoms with Crippen LogP contribution in [0.1, 0.15) is 29.3 Å². The van der Waals surface area contributed by atoms with Gasteiger partial charge in [-0.25, -0.2) is 4.79 Å². The number of pyridine rings is 1. The molecule has 3 aromatic rings. The molecule has 1 saturated heterocycles. The fourth-order valence-corrected chi connectivity index (χ4v) is 6.03. The van der Waals surface area contributed by atoms with Crippen LogP contribution in [0.2, 0.25) is 5.02 Å². The summed E-state index contributed by atoms with van der Waals surface area (Å²) in [7, 11) is 0. The largest absolute Gasteiger partial charge is 0.357 e. The van der Waals surface area contributed by atoms with Crippen molar-refractivity contribution in [3.8, 4) is 0 Å².